The minimum atomic E-state index is 0.235. The fourth-order valence-electron chi connectivity index (χ4n) is 3.22. The molecule has 3 heterocycles. The van der Waals surface area contributed by atoms with E-state index in [4.69, 9.17) is 20.2 Å². The van der Waals surface area contributed by atoms with Gasteiger partial charge < -0.3 is 15.2 Å². The molecule has 0 atom stereocenters. The molecule has 6 heteroatoms. The second kappa shape index (κ2) is 5.95. The van der Waals surface area contributed by atoms with Gasteiger partial charge in [-0.3, -0.25) is 0 Å². The molecule has 27 heavy (non-hydrogen) atoms. The van der Waals surface area contributed by atoms with E-state index in [-0.39, 0.29) is 6.79 Å². The van der Waals surface area contributed by atoms with Gasteiger partial charge in [-0.15, -0.1) is 0 Å². The summed E-state index contributed by atoms with van der Waals surface area (Å²) in [5.41, 5.74) is 11.6. The molecule has 0 aliphatic carbocycles. The summed E-state index contributed by atoms with van der Waals surface area (Å²) >= 11 is 0. The summed E-state index contributed by atoms with van der Waals surface area (Å²) in [6.45, 7) is 2.30. The van der Waals surface area contributed by atoms with Crippen LogP contribution in [0.3, 0.4) is 0 Å². The third kappa shape index (κ3) is 2.62. The van der Waals surface area contributed by atoms with Crippen LogP contribution in [0.15, 0.2) is 54.9 Å². The highest BCUT2D eigenvalue weighted by atomic mass is 16.7. The standard InChI is InChI=1S/C21H16N4O2/c1-12-2-4-13(5-3-12)15-9-16-20(22)23-10-24-21(16)25-19(15)14-6-7-17-18(8-14)27-11-26-17/h2-10H,11H2,1H3,(H2,22,23,24,25). The zero-order valence-electron chi connectivity index (χ0n) is 14.6. The molecule has 0 amide bonds. The summed E-state index contributed by atoms with van der Waals surface area (Å²) in [5.74, 6) is 1.87. The maximum atomic E-state index is 6.06. The van der Waals surface area contributed by atoms with Crippen molar-refractivity contribution < 1.29 is 9.47 Å². The summed E-state index contributed by atoms with van der Waals surface area (Å²) in [5, 5.41) is 0.734. The lowest BCUT2D eigenvalue weighted by atomic mass is 9.97. The van der Waals surface area contributed by atoms with Gasteiger partial charge in [0, 0.05) is 11.1 Å². The van der Waals surface area contributed by atoms with Crippen molar-refractivity contribution in [3.8, 4) is 33.9 Å². The molecule has 132 valence electrons. The summed E-state index contributed by atoms with van der Waals surface area (Å²) in [6.07, 6.45) is 1.43. The number of anilines is 1. The van der Waals surface area contributed by atoms with Gasteiger partial charge in [-0.05, 0) is 36.8 Å². The second-order valence-corrected chi connectivity index (χ2v) is 6.45. The Hall–Kier alpha value is -3.67. The van der Waals surface area contributed by atoms with Gasteiger partial charge in [0.15, 0.2) is 17.1 Å². The van der Waals surface area contributed by atoms with Crippen LogP contribution in [0.25, 0.3) is 33.4 Å². The van der Waals surface area contributed by atoms with E-state index in [9.17, 15) is 0 Å². The van der Waals surface area contributed by atoms with Crippen LogP contribution < -0.4 is 15.2 Å². The van der Waals surface area contributed by atoms with E-state index in [1.807, 2.05) is 24.3 Å². The molecule has 1 aliphatic heterocycles. The fraction of sp³-hybridized carbons (Fsp3) is 0.0952. The normalized spacial score (nSPS) is 12.5. The summed E-state index contributed by atoms with van der Waals surface area (Å²) in [6, 6.07) is 16.1. The smallest absolute Gasteiger partial charge is 0.231 e. The number of pyridine rings is 1. The molecule has 0 fully saturated rings. The Morgan fingerprint density at radius 2 is 1.67 bits per heavy atom. The number of nitrogen functional groups attached to an aromatic ring is 1. The first-order valence-electron chi connectivity index (χ1n) is 8.57. The van der Waals surface area contributed by atoms with Crippen LogP contribution in [-0.2, 0) is 0 Å². The fourth-order valence-corrected chi connectivity index (χ4v) is 3.22. The monoisotopic (exact) mass is 356 g/mol. The lowest BCUT2D eigenvalue weighted by Gasteiger charge is -2.12. The molecular formula is C21H16N4O2. The van der Waals surface area contributed by atoms with E-state index in [2.05, 4.69) is 41.2 Å². The quantitative estimate of drug-likeness (QED) is 0.585. The van der Waals surface area contributed by atoms with Crippen molar-refractivity contribution in [3.63, 3.8) is 0 Å². The highest BCUT2D eigenvalue weighted by molar-refractivity contribution is 5.94. The van der Waals surface area contributed by atoms with Crippen LogP contribution >= 0.6 is 0 Å². The first-order valence-corrected chi connectivity index (χ1v) is 8.57. The SMILES string of the molecule is Cc1ccc(-c2cc3c(N)ncnc3nc2-c2ccc3c(c2)OCO3)cc1. The highest BCUT2D eigenvalue weighted by Gasteiger charge is 2.18. The third-order valence-corrected chi connectivity index (χ3v) is 4.66. The zero-order valence-corrected chi connectivity index (χ0v) is 14.6. The maximum absolute atomic E-state index is 6.06. The van der Waals surface area contributed by atoms with E-state index < -0.39 is 0 Å². The number of fused-ring (bicyclic) bond motifs is 2. The minimum Gasteiger partial charge on any atom is -0.454 e. The molecule has 6 nitrogen and oxygen atoms in total. The number of aryl methyl sites for hydroxylation is 1. The molecule has 2 N–H and O–H groups in total. The van der Waals surface area contributed by atoms with E-state index >= 15 is 0 Å². The number of hydrogen-bond donors (Lipinski definition) is 1. The highest BCUT2D eigenvalue weighted by Crippen LogP contribution is 2.39. The van der Waals surface area contributed by atoms with Crippen molar-refractivity contribution in [2.45, 2.75) is 6.92 Å². The van der Waals surface area contributed by atoms with Crippen molar-refractivity contribution >= 4 is 16.9 Å². The van der Waals surface area contributed by atoms with Crippen molar-refractivity contribution in [3.05, 3.63) is 60.4 Å². The topological polar surface area (TPSA) is 83.2 Å². The molecule has 0 saturated heterocycles. The number of rotatable bonds is 2. The Labute approximate surface area is 155 Å². The average Bonchev–Trinajstić information content (AvgIpc) is 3.16. The number of nitrogens with two attached hydrogens (primary N) is 1. The van der Waals surface area contributed by atoms with E-state index in [1.165, 1.54) is 11.9 Å². The largest absolute Gasteiger partial charge is 0.454 e. The van der Waals surface area contributed by atoms with Gasteiger partial charge in [0.2, 0.25) is 6.79 Å². The molecule has 2 aromatic heterocycles. The Balaban J connectivity index is 1.79. The zero-order chi connectivity index (χ0) is 18.4. The molecule has 0 saturated carbocycles. The molecule has 0 bridgehead atoms. The van der Waals surface area contributed by atoms with E-state index in [1.54, 1.807) is 0 Å². The Kier molecular flexibility index (Phi) is 3.43. The van der Waals surface area contributed by atoms with Crippen LogP contribution in [0, 0.1) is 6.92 Å². The molecule has 0 radical (unpaired) electrons. The van der Waals surface area contributed by atoms with Gasteiger partial charge in [0.25, 0.3) is 0 Å². The maximum Gasteiger partial charge on any atom is 0.231 e. The van der Waals surface area contributed by atoms with Crippen LogP contribution in [-0.4, -0.2) is 21.7 Å². The molecule has 5 rings (SSSR count). The lowest BCUT2D eigenvalue weighted by molar-refractivity contribution is 0.174. The third-order valence-electron chi connectivity index (χ3n) is 4.66. The van der Waals surface area contributed by atoms with E-state index in [0.717, 1.165) is 33.5 Å². The van der Waals surface area contributed by atoms with Gasteiger partial charge in [-0.1, -0.05) is 29.8 Å². The Morgan fingerprint density at radius 3 is 2.52 bits per heavy atom. The number of aromatic nitrogens is 3. The van der Waals surface area contributed by atoms with Crippen LogP contribution in [0.2, 0.25) is 0 Å². The van der Waals surface area contributed by atoms with Crippen molar-refractivity contribution in [2.24, 2.45) is 0 Å². The summed E-state index contributed by atoms with van der Waals surface area (Å²) in [7, 11) is 0. The van der Waals surface area contributed by atoms with Gasteiger partial charge in [0.05, 0.1) is 11.1 Å². The average molecular weight is 356 g/mol. The summed E-state index contributed by atoms with van der Waals surface area (Å²) < 4.78 is 11.0. The number of nitrogens with zero attached hydrogens (tertiary/aromatic N) is 3. The van der Waals surface area contributed by atoms with Crippen molar-refractivity contribution in [1.82, 2.24) is 15.0 Å². The van der Waals surface area contributed by atoms with Gasteiger partial charge in [-0.2, -0.15) is 0 Å². The van der Waals surface area contributed by atoms with Crippen LogP contribution in [0.1, 0.15) is 5.56 Å². The Bertz CT molecular complexity index is 1170. The first-order chi connectivity index (χ1) is 13.2. The minimum absolute atomic E-state index is 0.235. The van der Waals surface area contributed by atoms with Gasteiger partial charge >= 0.3 is 0 Å². The molecule has 1 aliphatic rings. The summed E-state index contributed by atoms with van der Waals surface area (Å²) in [4.78, 5) is 13.2. The number of hydrogen-bond acceptors (Lipinski definition) is 6. The van der Waals surface area contributed by atoms with Gasteiger partial charge in [-0.25, -0.2) is 15.0 Å². The van der Waals surface area contributed by atoms with Crippen LogP contribution in [0.4, 0.5) is 5.82 Å². The van der Waals surface area contributed by atoms with Crippen molar-refractivity contribution in [2.75, 3.05) is 12.5 Å². The number of ether oxygens (including phenoxy) is 2. The van der Waals surface area contributed by atoms with E-state index in [0.29, 0.717) is 17.2 Å². The predicted molar refractivity (Wildman–Crippen MR) is 103 cm³/mol. The molecule has 4 aromatic rings. The lowest BCUT2D eigenvalue weighted by Crippen LogP contribution is -1.98. The van der Waals surface area contributed by atoms with Gasteiger partial charge in [0.1, 0.15) is 12.1 Å². The molecule has 0 spiro atoms. The molecule has 2 aromatic carbocycles. The first kappa shape index (κ1) is 15.6. The Morgan fingerprint density at radius 1 is 0.889 bits per heavy atom. The number of benzene rings is 2. The molecule has 0 unspecified atom stereocenters. The predicted octanol–water partition coefficient (Wildman–Crippen LogP) is 3.98. The van der Waals surface area contributed by atoms with Crippen LogP contribution in [0.5, 0.6) is 11.5 Å². The second-order valence-electron chi connectivity index (χ2n) is 6.45. The van der Waals surface area contributed by atoms with Crippen molar-refractivity contribution in [1.29, 1.82) is 0 Å². The molecular weight excluding hydrogens is 340 g/mol.